The summed E-state index contributed by atoms with van der Waals surface area (Å²) in [6, 6.07) is 96.0. The van der Waals surface area contributed by atoms with Crippen LogP contribution in [0.3, 0.4) is 0 Å². The molecule has 3 heteroatoms. The smallest absolute Gasteiger partial charge is 0.136 e. The highest BCUT2D eigenvalue weighted by atomic mass is 16.3. The van der Waals surface area contributed by atoms with Gasteiger partial charge in [0.2, 0.25) is 0 Å². The molecule has 2 heterocycles. The van der Waals surface area contributed by atoms with Crippen molar-refractivity contribution >= 4 is 60.8 Å². The van der Waals surface area contributed by atoms with Crippen LogP contribution < -0.4 is 4.90 Å². The van der Waals surface area contributed by atoms with E-state index in [9.17, 15) is 0 Å². The minimum absolute atomic E-state index is 0.887. The number of benzene rings is 11. The molecule has 13 aromatic rings. The van der Waals surface area contributed by atoms with Crippen LogP contribution in [0.5, 0.6) is 0 Å². The lowest BCUT2D eigenvalue weighted by atomic mass is 9.94. The zero-order chi connectivity index (χ0) is 45.7. The van der Waals surface area contributed by atoms with Gasteiger partial charge in [-0.05, 0) is 128 Å². The molecule has 11 aromatic carbocycles. The van der Waals surface area contributed by atoms with Crippen molar-refractivity contribution < 1.29 is 4.42 Å². The van der Waals surface area contributed by atoms with Gasteiger partial charge in [0.25, 0.3) is 0 Å². The number of nitrogens with zero attached hydrogens (tertiary/aromatic N) is 2. The van der Waals surface area contributed by atoms with E-state index in [1.807, 2.05) is 12.1 Å². The second-order valence-electron chi connectivity index (χ2n) is 17.7. The molecule has 3 nitrogen and oxygen atoms in total. The summed E-state index contributed by atoms with van der Waals surface area (Å²) in [7, 11) is 0. The maximum Gasteiger partial charge on any atom is 0.136 e. The van der Waals surface area contributed by atoms with Crippen molar-refractivity contribution in [3.63, 3.8) is 0 Å². The zero-order valence-electron chi connectivity index (χ0n) is 37.7. The van der Waals surface area contributed by atoms with E-state index in [-0.39, 0.29) is 0 Å². The molecule has 69 heavy (non-hydrogen) atoms. The fourth-order valence-corrected chi connectivity index (χ4v) is 10.4. The third kappa shape index (κ3) is 7.16. The van der Waals surface area contributed by atoms with Crippen molar-refractivity contribution in [1.29, 1.82) is 0 Å². The van der Waals surface area contributed by atoms with Gasteiger partial charge in [0.05, 0.1) is 11.0 Å². The summed E-state index contributed by atoms with van der Waals surface area (Å²) < 4.78 is 8.70. The third-order valence-electron chi connectivity index (χ3n) is 13.6. The van der Waals surface area contributed by atoms with E-state index in [0.717, 1.165) is 66.9 Å². The topological polar surface area (TPSA) is 21.3 Å². The second kappa shape index (κ2) is 16.9. The van der Waals surface area contributed by atoms with E-state index in [0.29, 0.717) is 0 Å². The van der Waals surface area contributed by atoms with Crippen molar-refractivity contribution in [3.8, 4) is 61.3 Å². The minimum atomic E-state index is 0.887. The number of furan rings is 1. The summed E-state index contributed by atoms with van der Waals surface area (Å²) in [5.74, 6) is 0. The van der Waals surface area contributed by atoms with Gasteiger partial charge < -0.3 is 13.9 Å². The van der Waals surface area contributed by atoms with Gasteiger partial charge in [-0.15, -0.1) is 0 Å². The van der Waals surface area contributed by atoms with Gasteiger partial charge in [-0.1, -0.05) is 194 Å². The van der Waals surface area contributed by atoms with Crippen molar-refractivity contribution in [3.05, 3.63) is 267 Å². The van der Waals surface area contributed by atoms with Crippen molar-refractivity contribution in [2.75, 3.05) is 4.90 Å². The standard InChI is InChI=1S/C66H44N2O/c1-2-15-49(16-3-1)56-21-4-5-22-57(56)50-17-12-19-54(43-50)67(55-20-13-18-51(44-55)58-26-14-30-65-66(58)61-25-8-11-29-64(61)69-65)52-39-35-47(36-40-52)45-31-33-46(34-32-45)48-37-41-53(42-38-48)68-62-27-9-6-23-59(62)60-24-7-10-28-63(60)68/h1-44H. The zero-order valence-corrected chi connectivity index (χ0v) is 37.7. The summed E-state index contributed by atoms with van der Waals surface area (Å²) in [4.78, 5) is 2.38. The lowest BCUT2D eigenvalue weighted by Crippen LogP contribution is -2.10. The number of hydrogen-bond acceptors (Lipinski definition) is 2. The van der Waals surface area contributed by atoms with Crippen LogP contribution >= 0.6 is 0 Å². The first kappa shape index (κ1) is 40.1. The lowest BCUT2D eigenvalue weighted by molar-refractivity contribution is 0.669. The molecular formula is C66H44N2O. The molecular weight excluding hydrogens is 837 g/mol. The maximum absolute atomic E-state index is 6.33. The third-order valence-corrected chi connectivity index (χ3v) is 13.6. The van der Waals surface area contributed by atoms with Crippen LogP contribution in [0.25, 0.3) is 105 Å². The molecule has 0 fully saturated rings. The Hall–Kier alpha value is -9.18. The van der Waals surface area contributed by atoms with E-state index in [1.165, 1.54) is 55.2 Å². The van der Waals surface area contributed by atoms with Crippen LogP contribution in [0.2, 0.25) is 0 Å². The van der Waals surface area contributed by atoms with Gasteiger partial charge in [0.1, 0.15) is 11.2 Å². The highest BCUT2D eigenvalue weighted by Crippen LogP contribution is 2.43. The van der Waals surface area contributed by atoms with Gasteiger partial charge in [-0.25, -0.2) is 0 Å². The Morgan fingerprint density at radius 2 is 0.710 bits per heavy atom. The molecule has 0 saturated heterocycles. The minimum Gasteiger partial charge on any atom is -0.456 e. The largest absolute Gasteiger partial charge is 0.456 e. The van der Waals surface area contributed by atoms with Crippen LogP contribution in [-0.2, 0) is 0 Å². The van der Waals surface area contributed by atoms with Crippen LogP contribution in [-0.4, -0.2) is 4.57 Å². The number of para-hydroxylation sites is 3. The highest BCUT2D eigenvalue weighted by molar-refractivity contribution is 6.13. The average Bonchev–Trinajstić information content (AvgIpc) is 3.98. The highest BCUT2D eigenvalue weighted by Gasteiger charge is 2.19. The Morgan fingerprint density at radius 3 is 1.33 bits per heavy atom. The molecule has 0 radical (unpaired) electrons. The Bertz CT molecular complexity index is 3940. The molecule has 0 saturated carbocycles. The van der Waals surface area contributed by atoms with Crippen LogP contribution in [0, 0.1) is 0 Å². The molecule has 0 aliphatic heterocycles. The van der Waals surface area contributed by atoms with Crippen molar-refractivity contribution in [2.45, 2.75) is 0 Å². The van der Waals surface area contributed by atoms with Crippen molar-refractivity contribution in [2.24, 2.45) is 0 Å². The molecule has 13 rings (SSSR count). The maximum atomic E-state index is 6.33. The SMILES string of the molecule is c1ccc(-c2ccccc2-c2cccc(N(c3ccc(-c4ccc(-c5ccc(-n6c7ccccc7c7ccccc76)cc5)cc4)cc3)c3cccc(-c4cccc5oc6ccccc6c45)c3)c2)cc1. The number of rotatable bonds is 9. The number of anilines is 3. The first-order valence-electron chi connectivity index (χ1n) is 23.6. The quantitative estimate of drug-likeness (QED) is 0.144. The van der Waals surface area contributed by atoms with Crippen LogP contribution in [0.15, 0.2) is 271 Å². The second-order valence-corrected chi connectivity index (χ2v) is 17.7. The Kier molecular flexibility index (Phi) is 9.84. The predicted octanol–water partition coefficient (Wildman–Crippen LogP) is 18.5. The monoisotopic (exact) mass is 880 g/mol. The fraction of sp³-hybridized carbons (Fsp3) is 0. The predicted molar refractivity (Wildman–Crippen MR) is 290 cm³/mol. The van der Waals surface area contributed by atoms with E-state index >= 15 is 0 Å². The molecule has 0 bridgehead atoms. The van der Waals surface area contributed by atoms with Gasteiger partial charge in [-0.3, -0.25) is 0 Å². The normalized spacial score (nSPS) is 11.5. The molecule has 0 aliphatic carbocycles. The van der Waals surface area contributed by atoms with E-state index in [4.69, 9.17) is 4.42 Å². The molecule has 2 aromatic heterocycles. The Balaban J connectivity index is 0.855. The Morgan fingerprint density at radius 1 is 0.275 bits per heavy atom. The van der Waals surface area contributed by atoms with Crippen LogP contribution in [0.1, 0.15) is 0 Å². The lowest BCUT2D eigenvalue weighted by Gasteiger charge is -2.27. The molecule has 0 atom stereocenters. The summed E-state index contributed by atoms with van der Waals surface area (Å²) in [6.45, 7) is 0. The van der Waals surface area contributed by atoms with Gasteiger partial charge in [0.15, 0.2) is 0 Å². The first-order chi connectivity index (χ1) is 34.2. The molecule has 0 spiro atoms. The number of hydrogen-bond donors (Lipinski definition) is 0. The van der Waals surface area contributed by atoms with Crippen molar-refractivity contribution in [1.82, 2.24) is 4.57 Å². The first-order valence-corrected chi connectivity index (χ1v) is 23.6. The summed E-state index contributed by atoms with van der Waals surface area (Å²) in [5, 5.41) is 4.78. The number of fused-ring (bicyclic) bond motifs is 6. The fourth-order valence-electron chi connectivity index (χ4n) is 10.4. The average molecular weight is 881 g/mol. The van der Waals surface area contributed by atoms with Gasteiger partial charge in [-0.2, -0.15) is 0 Å². The van der Waals surface area contributed by atoms with E-state index in [2.05, 4.69) is 264 Å². The summed E-state index contributed by atoms with van der Waals surface area (Å²) in [5.41, 5.74) is 20.3. The summed E-state index contributed by atoms with van der Waals surface area (Å²) in [6.07, 6.45) is 0. The molecule has 0 amide bonds. The molecule has 0 unspecified atom stereocenters. The molecule has 324 valence electrons. The summed E-state index contributed by atoms with van der Waals surface area (Å²) >= 11 is 0. The molecule has 0 aliphatic rings. The van der Waals surface area contributed by atoms with E-state index < -0.39 is 0 Å². The van der Waals surface area contributed by atoms with Gasteiger partial charge in [0, 0.05) is 44.3 Å². The van der Waals surface area contributed by atoms with Crippen LogP contribution in [0.4, 0.5) is 17.1 Å². The molecule has 0 N–H and O–H groups in total. The van der Waals surface area contributed by atoms with E-state index in [1.54, 1.807) is 0 Å². The van der Waals surface area contributed by atoms with Gasteiger partial charge >= 0.3 is 0 Å². The Labute approximate surface area is 401 Å². The number of aromatic nitrogens is 1.